The lowest BCUT2D eigenvalue weighted by atomic mass is 10.3. The number of hydrogen-bond donors (Lipinski definition) is 0. The average Bonchev–Trinajstić information content (AvgIpc) is 2.21. The van der Waals surface area contributed by atoms with Crippen molar-refractivity contribution in [2.24, 2.45) is 0 Å². The highest BCUT2D eigenvalue weighted by molar-refractivity contribution is 7.80. The molecule has 15 heavy (non-hydrogen) atoms. The summed E-state index contributed by atoms with van der Waals surface area (Å²) in [5, 5.41) is 0.430. The summed E-state index contributed by atoms with van der Waals surface area (Å²) in [5.41, 5.74) is 0. The molecule has 0 spiro atoms. The Morgan fingerprint density at radius 3 is 2.47 bits per heavy atom. The number of hydrogen-bond acceptors (Lipinski definition) is 2. The molecule has 0 radical (unpaired) electrons. The van der Waals surface area contributed by atoms with E-state index in [1.807, 2.05) is 45.3 Å². The van der Waals surface area contributed by atoms with Crippen LogP contribution in [0.15, 0.2) is 48.8 Å². The lowest BCUT2D eigenvalue weighted by Gasteiger charge is -2.14. The molecule has 0 saturated carbocycles. The molecule has 0 aliphatic rings. The van der Waals surface area contributed by atoms with E-state index in [-0.39, 0.29) is 0 Å². The van der Waals surface area contributed by atoms with E-state index in [1.165, 1.54) is 0 Å². The first-order valence-electron chi connectivity index (χ1n) is 4.63. The van der Waals surface area contributed by atoms with Crippen LogP contribution in [0.4, 0.5) is 0 Å². The van der Waals surface area contributed by atoms with Gasteiger partial charge in [0.15, 0.2) is 0 Å². The third-order valence-electron chi connectivity index (χ3n) is 1.42. The molecular formula is C12H17NOS. The summed E-state index contributed by atoms with van der Waals surface area (Å²) in [6, 6.07) is 0. The van der Waals surface area contributed by atoms with E-state index in [4.69, 9.17) is 17.0 Å². The highest BCUT2D eigenvalue weighted by atomic mass is 32.1. The molecule has 82 valence electrons. The second kappa shape index (κ2) is 8.00. The fourth-order valence-electron chi connectivity index (χ4n) is 0.670. The zero-order valence-electron chi connectivity index (χ0n) is 9.43. The van der Waals surface area contributed by atoms with Gasteiger partial charge in [-0.25, -0.2) is 0 Å². The maximum atomic E-state index is 5.45. The van der Waals surface area contributed by atoms with Crippen LogP contribution in [-0.4, -0.2) is 24.2 Å². The predicted octanol–water partition coefficient (Wildman–Crippen LogP) is 3.05. The molecule has 0 atom stereocenters. The van der Waals surface area contributed by atoms with Crippen molar-refractivity contribution >= 4 is 17.4 Å². The SMILES string of the molecule is C=C\C=C/C(=C\C=C/C)OC(=S)N(C)C. The van der Waals surface area contributed by atoms with E-state index in [0.29, 0.717) is 10.9 Å². The molecule has 0 aromatic rings. The minimum Gasteiger partial charge on any atom is -0.432 e. The van der Waals surface area contributed by atoms with Crippen molar-refractivity contribution in [2.45, 2.75) is 6.92 Å². The van der Waals surface area contributed by atoms with Crippen molar-refractivity contribution < 1.29 is 4.74 Å². The van der Waals surface area contributed by atoms with E-state index in [9.17, 15) is 0 Å². The molecule has 2 nitrogen and oxygen atoms in total. The van der Waals surface area contributed by atoms with Gasteiger partial charge in [0, 0.05) is 14.1 Å². The molecule has 0 amide bonds. The van der Waals surface area contributed by atoms with Crippen molar-refractivity contribution in [1.82, 2.24) is 4.90 Å². The van der Waals surface area contributed by atoms with Crippen molar-refractivity contribution in [2.75, 3.05) is 14.1 Å². The number of ether oxygens (including phenoxy) is 1. The molecule has 0 aromatic heterocycles. The fraction of sp³-hybridized carbons (Fsp3) is 0.250. The number of allylic oxidation sites excluding steroid dienone is 6. The molecular weight excluding hydrogens is 206 g/mol. The number of nitrogens with zero attached hydrogens (tertiary/aromatic N) is 1. The van der Waals surface area contributed by atoms with Gasteiger partial charge in [0.2, 0.25) is 0 Å². The summed E-state index contributed by atoms with van der Waals surface area (Å²) < 4.78 is 5.45. The fourth-order valence-corrected chi connectivity index (χ4v) is 0.766. The first-order valence-corrected chi connectivity index (χ1v) is 5.03. The smallest absolute Gasteiger partial charge is 0.264 e. The Balaban J connectivity index is 4.58. The summed E-state index contributed by atoms with van der Waals surface area (Å²) >= 11 is 5.03. The molecule has 0 N–H and O–H groups in total. The van der Waals surface area contributed by atoms with Crippen LogP contribution in [0.1, 0.15) is 6.92 Å². The van der Waals surface area contributed by atoms with Crippen LogP contribution >= 0.6 is 12.2 Å². The maximum absolute atomic E-state index is 5.45. The molecule has 0 unspecified atom stereocenters. The van der Waals surface area contributed by atoms with Gasteiger partial charge in [-0.1, -0.05) is 30.9 Å². The summed E-state index contributed by atoms with van der Waals surface area (Å²) in [6.07, 6.45) is 10.9. The normalized spacial score (nSPS) is 12.1. The van der Waals surface area contributed by atoms with Gasteiger partial charge in [-0.2, -0.15) is 0 Å². The Hall–Kier alpha value is -1.35. The average molecular weight is 223 g/mol. The van der Waals surface area contributed by atoms with Gasteiger partial charge in [0.1, 0.15) is 5.76 Å². The van der Waals surface area contributed by atoms with Crippen LogP contribution in [0.25, 0.3) is 0 Å². The van der Waals surface area contributed by atoms with Crippen LogP contribution < -0.4 is 0 Å². The summed E-state index contributed by atoms with van der Waals surface area (Å²) in [7, 11) is 3.68. The van der Waals surface area contributed by atoms with Crippen LogP contribution in [0, 0.1) is 0 Å². The molecule has 0 heterocycles. The lowest BCUT2D eigenvalue weighted by Crippen LogP contribution is -2.21. The van der Waals surface area contributed by atoms with Crippen molar-refractivity contribution in [3.05, 3.63) is 48.8 Å². The maximum Gasteiger partial charge on any atom is 0.264 e. The molecule has 0 fully saturated rings. The Morgan fingerprint density at radius 2 is 2.00 bits per heavy atom. The van der Waals surface area contributed by atoms with E-state index >= 15 is 0 Å². The highest BCUT2D eigenvalue weighted by Crippen LogP contribution is 2.03. The minimum atomic E-state index is 0.430. The quantitative estimate of drug-likeness (QED) is 0.413. The standard InChI is InChI=1S/C12H17NOS/c1-5-7-9-11(10-8-6-2)14-12(15)13(3)4/h5-10H,1H2,2-4H3/b8-6-,9-7-,11-10+. The largest absolute Gasteiger partial charge is 0.432 e. The van der Waals surface area contributed by atoms with Gasteiger partial charge in [0.25, 0.3) is 5.17 Å². The topological polar surface area (TPSA) is 12.5 Å². The molecule has 0 aromatic carbocycles. The highest BCUT2D eigenvalue weighted by Gasteiger charge is 2.01. The van der Waals surface area contributed by atoms with Crippen LogP contribution in [-0.2, 0) is 4.74 Å². The first-order chi connectivity index (χ1) is 7.11. The first kappa shape index (κ1) is 13.7. The van der Waals surface area contributed by atoms with Gasteiger partial charge in [-0.05, 0) is 31.3 Å². The molecule has 0 aliphatic heterocycles. The third-order valence-corrected chi connectivity index (χ3v) is 1.87. The third kappa shape index (κ3) is 6.69. The number of thiocarbonyl (C=S) groups is 1. The van der Waals surface area contributed by atoms with Gasteiger partial charge in [-0.15, -0.1) is 0 Å². The summed E-state index contributed by atoms with van der Waals surface area (Å²) in [6.45, 7) is 5.54. The van der Waals surface area contributed by atoms with Gasteiger partial charge in [-0.3, -0.25) is 0 Å². The molecule has 0 bridgehead atoms. The van der Waals surface area contributed by atoms with Crippen LogP contribution in [0.3, 0.4) is 0 Å². The summed E-state index contributed by atoms with van der Waals surface area (Å²) in [4.78, 5) is 1.74. The van der Waals surface area contributed by atoms with Gasteiger partial charge < -0.3 is 9.64 Å². The monoisotopic (exact) mass is 223 g/mol. The van der Waals surface area contributed by atoms with Gasteiger partial charge in [0.05, 0.1) is 0 Å². The van der Waals surface area contributed by atoms with Crippen LogP contribution in [0.5, 0.6) is 0 Å². The van der Waals surface area contributed by atoms with E-state index < -0.39 is 0 Å². The summed E-state index contributed by atoms with van der Waals surface area (Å²) in [5.74, 6) is 0.687. The van der Waals surface area contributed by atoms with E-state index in [1.54, 1.807) is 17.1 Å². The van der Waals surface area contributed by atoms with Crippen LogP contribution in [0.2, 0.25) is 0 Å². The Morgan fingerprint density at radius 1 is 1.33 bits per heavy atom. The van der Waals surface area contributed by atoms with Crippen molar-refractivity contribution in [3.63, 3.8) is 0 Å². The van der Waals surface area contributed by atoms with Crippen molar-refractivity contribution in [3.8, 4) is 0 Å². The predicted molar refractivity (Wildman–Crippen MR) is 69.6 cm³/mol. The lowest BCUT2D eigenvalue weighted by molar-refractivity contribution is 0.370. The zero-order chi connectivity index (χ0) is 11.7. The minimum absolute atomic E-state index is 0.430. The van der Waals surface area contributed by atoms with Gasteiger partial charge >= 0.3 is 0 Å². The second-order valence-electron chi connectivity index (χ2n) is 2.95. The van der Waals surface area contributed by atoms with Crippen molar-refractivity contribution in [1.29, 1.82) is 0 Å². The Labute approximate surface area is 97.2 Å². The Bertz CT molecular complexity index is 301. The second-order valence-corrected chi connectivity index (χ2v) is 3.30. The van der Waals surface area contributed by atoms with E-state index in [2.05, 4.69) is 6.58 Å². The molecule has 0 aliphatic carbocycles. The zero-order valence-corrected chi connectivity index (χ0v) is 10.3. The number of rotatable bonds is 4. The molecule has 0 rings (SSSR count). The molecule has 3 heteroatoms. The molecule has 0 saturated heterocycles. The Kier molecular flexibility index (Phi) is 7.28. The van der Waals surface area contributed by atoms with E-state index in [0.717, 1.165) is 0 Å².